The summed E-state index contributed by atoms with van der Waals surface area (Å²) < 4.78 is 0. The van der Waals surface area contributed by atoms with Gasteiger partial charge in [-0.3, -0.25) is 4.79 Å². The Bertz CT molecular complexity index is 975. The molecule has 2 aromatic carbocycles. The van der Waals surface area contributed by atoms with E-state index in [1.807, 2.05) is 36.4 Å². The molecular weight excluding hydrogens is 449 g/mol. The summed E-state index contributed by atoms with van der Waals surface area (Å²) in [6, 6.07) is 13.4. The summed E-state index contributed by atoms with van der Waals surface area (Å²) in [6.45, 7) is 3.32. The number of nitrogens with one attached hydrogen (secondary N) is 1. The second-order valence-electron chi connectivity index (χ2n) is 8.40. The van der Waals surface area contributed by atoms with Crippen molar-refractivity contribution in [1.29, 1.82) is 0 Å². The van der Waals surface area contributed by atoms with Crippen molar-refractivity contribution < 1.29 is 14.7 Å². The molecule has 170 valence electrons. The van der Waals surface area contributed by atoms with Crippen LogP contribution in [0.15, 0.2) is 42.5 Å². The van der Waals surface area contributed by atoms with E-state index in [1.54, 1.807) is 6.07 Å². The van der Waals surface area contributed by atoms with Crippen molar-refractivity contribution in [2.24, 2.45) is 11.8 Å². The van der Waals surface area contributed by atoms with Gasteiger partial charge in [-0.1, -0.05) is 42.1 Å². The Labute approximate surface area is 198 Å². The number of benzene rings is 2. The number of hydrogen-bond donors (Lipinski definition) is 1. The number of hydrogen-bond acceptors (Lipinski definition) is 5. The van der Waals surface area contributed by atoms with Crippen molar-refractivity contribution in [2.45, 2.75) is 25.7 Å². The number of aliphatic carboxylic acids is 1. The normalized spacial score (nSPS) is 21.3. The number of amides is 1. The number of carbonyl (C=O) groups is 2. The molecule has 2 fully saturated rings. The second-order valence-corrected chi connectivity index (χ2v) is 9.18. The third-order valence-electron chi connectivity index (χ3n) is 6.46. The minimum absolute atomic E-state index is 0.237. The molecule has 1 saturated heterocycles. The highest BCUT2D eigenvalue weighted by molar-refractivity contribution is 6.43. The van der Waals surface area contributed by atoms with Crippen LogP contribution in [0.5, 0.6) is 0 Å². The van der Waals surface area contributed by atoms with Crippen molar-refractivity contribution in [3.63, 3.8) is 0 Å². The number of rotatable bonds is 5. The van der Waals surface area contributed by atoms with Crippen LogP contribution in [0.3, 0.4) is 0 Å². The van der Waals surface area contributed by atoms with Crippen LogP contribution in [0.25, 0.3) is 0 Å². The van der Waals surface area contributed by atoms with Crippen LogP contribution >= 0.6 is 23.2 Å². The van der Waals surface area contributed by atoms with E-state index >= 15 is 0 Å². The number of carboxylic acid groups (broad SMARTS) is 1. The summed E-state index contributed by atoms with van der Waals surface area (Å²) in [4.78, 5) is 28.5. The maximum Gasteiger partial charge on any atom is 0.228 e. The monoisotopic (exact) mass is 474 g/mol. The lowest BCUT2D eigenvalue weighted by molar-refractivity contribution is -0.313. The van der Waals surface area contributed by atoms with Gasteiger partial charge in [0.1, 0.15) is 0 Å². The van der Waals surface area contributed by atoms with Crippen molar-refractivity contribution in [1.82, 2.24) is 0 Å². The molecule has 0 unspecified atom stereocenters. The number of carboxylic acids is 1. The lowest BCUT2D eigenvalue weighted by Gasteiger charge is -2.37. The Hall–Kier alpha value is -2.44. The van der Waals surface area contributed by atoms with E-state index in [4.69, 9.17) is 23.2 Å². The topological polar surface area (TPSA) is 75.7 Å². The van der Waals surface area contributed by atoms with Gasteiger partial charge in [-0.2, -0.15) is 0 Å². The van der Waals surface area contributed by atoms with Gasteiger partial charge in [0.25, 0.3) is 0 Å². The first-order chi connectivity index (χ1) is 15.4. The van der Waals surface area contributed by atoms with Gasteiger partial charge in [0, 0.05) is 55.4 Å². The van der Waals surface area contributed by atoms with E-state index in [1.165, 1.54) is 0 Å². The third-order valence-corrected chi connectivity index (χ3v) is 7.27. The molecule has 1 N–H and O–H groups in total. The Balaban J connectivity index is 1.34. The first-order valence-electron chi connectivity index (χ1n) is 11.0. The fourth-order valence-corrected chi connectivity index (χ4v) is 5.07. The molecule has 0 radical (unpaired) electrons. The average Bonchev–Trinajstić information content (AvgIpc) is 2.81. The molecule has 4 rings (SSSR count). The van der Waals surface area contributed by atoms with Crippen LogP contribution in [0.2, 0.25) is 10.0 Å². The Morgan fingerprint density at radius 1 is 0.875 bits per heavy atom. The van der Waals surface area contributed by atoms with Crippen molar-refractivity contribution in [3.8, 4) is 0 Å². The molecule has 1 heterocycles. The average molecular weight is 475 g/mol. The summed E-state index contributed by atoms with van der Waals surface area (Å²) in [7, 11) is 0. The van der Waals surface area contributed by atoms with Gasteiger partial charge >= 0.3 is 0 Å². The molecule has 32 heavy (non-hydrogen) atoms. The van der Waals surface area contributed by atoms with Gasteiger partial charge < -0.3 is 25.0 Å². The number of carbonyl (C=O) groups excluding carboxylic acids is 2. The lowest BCUT2D eigenvalue weighted by Crippen LogP contribution is -2.46. The summed E-state index contributed by atoms with van der Waals surface area (Å²) in [6.07, 6.45) is 2.79. The van der Waals surface area contributed by atoms with Gasteiger partial charge in [-0.25, -0.2) is 0 Å². The molecule has 2 aliphatic rings. The van der Waals surface area contributed by atoms with E-state index in [-0.39, 0.29) is 5.91 Å². The molecule has 1 amide bonds. The Morgan fingerprint density at radius 3 is 2.16 bits per heavy atom. The molecule has 2 aromatic rings. The van der Waals surface area contributed by atoms with Crippen molar-refractivity contribution >= 4 is 52.1 Å². The van der Waals surface area contributed by atoms with Crippen LogP contribution in [-0.2, 0) is 9.59 Å². The maximum absolute atomic E-state index is 12.7. The van der Waals surface area contributed by atoms with Crippen LogP contribution in [0, 0.1) is 11.8 Å². The standard InChI is InChI=1S/C24H27Cl2N3O3/c25-20-6-3-7-21(22(20)26)29-14-12-28(13-15-29)17-10-8-16(9-11-17)27-23(30)18-4-1-2-5-19(18)24(31)32/h3,6-11,18-19H,1-2,4-5,12-15H2,(H,27,30)(H,31,32)/p-1/t18-,19-/m1/s1. The van der Waals surface area contributed by atoms with E-state index in [9.17, 15) is 14.7 Å². The molecule has 0 bridgehead atoms. The number of anilines is 3. The Morgan fingerprint density at radius 2 is 1.50 bits per heavy atom. The van der Waals surface area contributed by atoms with Gasteiger partial charge in [-0.05, 0) is 49.2 Å². The van der Waals surface area contributed by atoms with Crippen LogP contribution in [-0.4, -0.2) is 38.1 Å². The quantitative estimate of drug-likeness (QED) is 0.712. The number of halogens is 2. The van der Waals surface area contributed by atoms with Crippen molar-refractivity contribution in [2.75, 3.05) is 41.3 Å². The Kier molecular flexibility index (Phi) is 7.11. The fraction of sp³-hybridized carbons (Fsp3) is 0.417. The lowest BCUT2D eigenvalue weighted by atomic mass is 9.78. The van der Waals surface area contributed by atoms with Gasteiger partial charge in [0.05, 0.1) is 15.7 Å². The highest BCUT2D eigenvalue weighted by Crippen LogP contribution is 2.34. The second kappa shape index (κ2) is 10.0. The van der Waals surface area contributed by atoms with E-state index in [2.05, 4.69) is 15.1 Å². The molecule has 8 heteroatoms. The van der Waals surface area contributed by atoms with Crippen LogP contribution < -0.4 is 20.2 Å². The molecule has 0 aromatic heterocycles. The number of nitrogens with zero attached hydrogens (tertiary/aromatic N) is 2. The van der Waals surface area contributed by atoms with Crippen molar-refractivity contribution in [3.05, 3.63) is 52.5 Å². The van der Waals surface area contributed by atoms with Crippen LogP contribution in [0.1, 0.15) is 25.7 Å². The SMILES string of the molecule is O=C([O-])[C@@H]1CCCC[C@H]1C(=O)Nc1ccc(N2CCN(c3cccc(Cl)c3Cl)CC2)cc1. The summed E-state index contributed by atoms with van der Waals surface area (Å²) in [5, 5.41) is 15.4. The fourth-order valence-electron chi connectivity index (χ4n) is 4.66. The largest absolute Gasteiger partial charge is 0.550 e. The third kappa shape index (κ3) is 4.97. The molecule has 1 aliphatic heterocycles. The van der Waals surface area contributed by atoms with Gasteiger partial charge in [0.2, 0.25) is 5.91 Å². The molecule has 6 nitrogen and oxygen atoms in total. The summed E-state index contributed by atoms with van der Waals surface area (Å²) in [5.74, 6) is -2.59. The zero-order valence-electron chi connectivity index (χ0n) is 17.7. The molecule has 1 saturated carbocycles. The first-order valence-corrected chi connectivity index (χ1v) is 11.8. The molecule has 0 spiro atoms. The summed E-state index contributed by atoms with van der Waals surface area (Å²) in [5.41, 5.74) is 2.70. The molecular formula is C24H26Cl2N3O3-. The predicted octanol–water partition coefficient (Wildman–Crippen LogP) is 3.81. The highest BCUT2D eigenvalue weighted by atomic mass is 35.5. The number of piperazine rings is 1. The van der Waals surface area contributed by atoms with E-state index < -0.39 is 17.8 Å². The zero-order chi connectivity index (χ0) is 22.7. The minimum atomic E-state index is -1.13. The van der Waals surface area contributed by atoms with Gasteiger partial charge in [-0.15, -0.1) is 0 Å². The maximum atomic E-state index is 12.7. The van der Waals surface area contributed by atoms with E-state index in [0.29, 0.717) is 28.6 Å². The smallest absolute Gasteiger partial charge is 0.228 e. The molecule has 2 atom stereocenters. The summed E-state index contributed by atoms with van der Waals surface area (Å²) >= 11 is 12.5. The van der Waals surface area contributed by atoms with E-state index in [0.717, 1.165) is 50.4 Å². The molecule has 1 aliphatic carbocycles. The minimum Gasteiger partial charge on any atom is -0.550 e. The first kappa shape index (κ1) is 22.7. The van der Waals surface area contributed by atoms with Crippen LogP contribution in [0.4, 0.5) is 17.1 Å². The zero-order valence-corrected chi connectivity index (χ0v) is 19.2. The van der Waals surface area contributed by atoms with Gasteiger partial charge in [0.15, 0.2) is 0 Å². The highest BCUT2D eigenvalue weighted by Gasteiger charge is 2.31. The predicted molar refractivity (Wildman–Crippen MR) is 126 cm³/mol.